The van der Waals surface area contributed by atoms with Gasteiger partial charge in [0.05, 0.1) is 23.4 Å². The summed E-state index contributed by atoms with van der Waals surface area (Å²) in [5, 5.41) is 11.5. The lowest BCUT2D eigenvalue weighted by Crippen LogP contribution is -2.38. The minimum Gasteiger partial charge on any atom is -0.493 e. The number of aryl methyl sites for hydroxylation is 1. The number of ether oxygens (including phenoxy) is 2. The first-order valence-corrected chi connectivity index (χ1v) is 12.4. The number of nitrogens with one attached hydrogen (secondary N) is 1. The summed E-state index contributed by atoms with van der Waals surface area (Å²) in [6.45, 7) is 2.36. The summed E-state index contributed by atoms with van der Waals surface area (Å²) < 4.78 is 11.5. The van der Waals surface area contributed by atoms with Gasteiger partial charge in [-0.25, -0.2) is 0 Å². The van der Waals surface area contributed by atoms with E-state index in [9.17, 15) is 4.79 Å². The van der Waals surface area contributed by atoms with Crippen LogP contribution in [0.5, 0.6) is 11.5 Å². The second kappa shape index (κ2) is 10.0. The molecule has 36 heavy (non-hydrogen) atoms. The Balaban J connectivity index is 1.44. The smallest absolute Gasteiger partial charge is 0.283 e. The number of methoxy groups -OCH3 is 1. The molecule has 1 amide bonds. The van der Waals surface area contributed by atoms with E-state index in [4.69, 9.17) is 26.5 Å². The Bertz CT molecular complexity index is 1460. The zero-order valence-electron chi connectivity index (χ0n) is 19.6. The number of benzene rings is 3. The molecule has 0 spiro atoms. The fourth-order valence-electron chi connectivity index (χ4n) is 4.00. The summed E-state index contributed by atoms with van der Waals surface area (Å²) in [6.07, 6.45) is 1.61. The maximum Gasteiger partial charge on any atom is 0.283 e. The van der Waals surface area contributed by atoms with E-state index in [1.54, 1.807) is 23.1 Å². The second-order valence-electron chi connectivity index (χ2n) is 8.24. The van der Waals surface area contributed by atoms with E-state index in [0.29, 0.717) is 33.9 Å². The highest BCUT2D eigenvalue weighted by Crippen LogP contribution is 2.40. The summed E-state index contributed by atoms with van der Waals surface area (Å²) in [7, 11) is 1.53. The highest BCUT2D eigenvalue weighted by Gasteiger charge is 2.36. The molecule has 2 aliphatic rings. The number of amidine groups is 2. The van der Waals surface area contributed by atoms with Crippen LogP contribution in [0.25, 0.3) is 11.8 Å². The van der Waals surface area contributed by atoms with Crippen molar-refractivity contribution in [2.75, 3.05) is 7.11 Å². The van der Waals surface area contributed by atoms with E-state index >= 15 is 0 Å². The molecule has 2 heterocycles. The van der Waals surface area contributed by atoms with Gasteiger partial charge in [0.2, 0.25) is 0 Å². The number of hydrogen-bond donors (Lipinski definition) is 1. The molecule has 0 aromatic heterocycles. The quantitative estimate of drug-likeness (QED) is 0.377. The first kappa shape index (κ1) is 23.9. The largest absolute Gasteiger partial charge is 0.493 e. The van der Waals surface area contributed by atoms with Crippen molar-refractivity contribution in [1.29, 1.82) is 5.41 Å². The minimum absolute atomic E-state index is 0.0555. The number of thioether (sulfide) groups is 1. The lowest BCUT2D eigenvalue weighted by Gasteiger charge is -2.27. The van der Waals surface area contributed by atoms with Gasteiger partial charge in [0.25, 0.3) is 5.91 Å². The van der Waals surface area contributed by atoms with Gasteiger partial charge < -0.3 is 9.47 Å². The maximum absolute atomic E-state index is 12.8. The topological polar surface area (TPSA) is 75.0 Å². The summed E-state index contributed by atoms with van der Waals surface area (Å²) >= 11 is 7.90. The Hall–Kier alpha value is -3.81. The first-order valence-electron chi connectivity index (χ1n) is 11.2. The Kier molecular flexibility index (Phi) is 6.67. The van der Waals surface area contributed by atoms with Crippen LogP contribution in [0.1, 0.15) is 22.3 Å². The molecule has 0 aliphatic carbocycles. The number of hydrogen-bond acceptors (Lipinski definition) is 5. The Morgan fingerprint density at radius 2 is 1.92 bits per heavy atom. The number of aliphatic imine (C=N–C) groups is 1. The van der Waals surface area contributed by atoms with Gasteiger partial charge in [0, 0.05) is 5.41 Å². The highest BCUT2D eigenvalue weighted by molar-refractivity contribution is 8.17. The molecule has 2 aliphatic heterocycles. The van der Waals surface area contributed by atoms with Crippen LogP contribution < -0.4 is 9.47 Å². The third-order valence-electron chi connectivity index (χ3n) is 5.71. The molecule has 8 heteroatoms. The van der Waals surface area contributed by atoms with E-state index in [-0.39, 0.29) is 11.4 Å². The number of halogens is 1. The van der Waals surface area contributed by atoms with Gasteiger partial charge >= 0.3 is 0 Å². The van der Waals surface area contributed by atoms with Crippen molar-refractivity contribution in [3.05, 3.63) is 105 Å². The standard InChI is InChI=1S/C28H22ClN3O3S/c1-17-7-6-8-18(11-17)15-35-25-22(29)13-19(14-24(25)34-2)12-21-26(30)32-23(20-9-4-3-5-10-20)16-36-28(32)31-27(21)33/h3-14,16,30H,15H2,1-2H3/b21-12-,30-26?. The highest BCUT2D eigenvalue weighted by atomic mass is 35.5. The van der Waals surface area contributed by atoms with E-state index in [1.807, 2.05) is 66.9 Å². The van der Waals surface area contributed by atoms with Gasteiger partial charge in [-0.2, -0.15) is 4.99 Å². The van der Waals surface area contributed by atoms with Crippen molar-refractivity contribution in [2.24, 2.45) is 4.99 Å². The Morgan fingerprint density at radius 1 is 1.11 bits per heavy atom. The van der Waals surface area contributed by atoms with E-state index in [1.165, 1.54) is 18.9 Å². The van der Waals surface area contributed by atoms with Crippen LogP contribution in [-0.2, 0) is 11.4 Å². The molecule has 6 nitrogen and oxygen atoms in total. The molecule has 0 bridgehead atoms. The van der Waals surface area contributed by atoms with Gasteiger partial charge in [-0.3, -0.25) is 15.1 Å². The summed E-state index contributed by atoms with van der Waals surface area (Å²) in [5.74, 6) is 0.428. The predicted molar refractivity (Wildman–Crippen MR) is 146 cm³/mol. The number of nitrogens with zero attached hydrogens (tertiary/aromatic N) is 2. The molecule has 0 radical (unpaired) electrons. The van der Waals surface area contributed by atoms with Gasteiger partial charge in [0.1, 0.15) is 12.4 Å². The monoisotopic (exact) mass is 515 g/mol. The lowest BCUT2D eigenvalue weighted by molar-refractivity contribution is -0.114. The van der Waals surface area contributed by atoms with Crippen molar-refractivity contribution < 1.29 is 14.3 Å². The molecule has 5 rings (SSSR count). The van der Waals surface area contributed by atoms with E-state index in [0.717, 1.165) is 22.4 Å². The molecular formula is C28H22ClN3O3S. The Morgan fingerprint density at radius 3 is 2.67 bits per heavy atom. The molecule has 0 fully saturated rings. The number of amides is 1. The van der Waals surface area contributed by atoms with Crippen LogP contribution >= 0.6 is 23.4 Å². The number of rotatable bonds is 6. The number of carbonyl (C=O) groups excluding carboxylic acids is 1. The van der Waals surface area contributed by atoms with Crippen molar-refractivity contribution in [3.63, 3.8) is 0 Å². The van der Waals surface area contributed by atoms with Gasteiger partial charge in [-0.1, -0.05) is 83.5 Å². The van der Waals surface area contributed by atoms with Gasteiger partial charge in [0.15, 0.2) is 16.7 Å². The van der Waals surface area contributed by atoms with Crippen molar-refractivity contribution in [1.82, 2.24) is 4.90 Å². The van der Waals surface area contributed by atoms with Crippen LogP contribution in [0.15, 0.2) is 82.7 Å². The summed E-state index contributed by atoms with van der Waals surface area (Å²) in [4.78, 5) is 18.7. The number of carbonyl (C=O) groups is 1. The fourth-order valence-corrected chi connectivity index (χ4v) is 5.16. The van der Waals surface area contributed by atoms with Crippen molar-refractivity contribution in [2.45, 2.75) is 13.5 Å². The maximum atomic E-state index is 12.8. The van der Waals surface area contributed by atoms with E-state index < -0.39 is 5.91 Å². The second-order valence-corrected chi connectivity index (χ2v) is 9.48. The van der Waals surface area contributed by atoms with Crippen LogP contribution in [0.2, 0.25) is 5.02 Å². The molecule has 1 N–H and O–H groups in total. The third-order valence-corrected chi connectivity index (χ3v) is 6.82. The fraction of sp³-hybridized carbons (Fsp3) is 0.107. The molecule has 0 saturated heterocycles. The molecule has 3 aromatic carbocycles. The van der Waals surface area contributed by atoms with Crippen LogP contribution in [0.3, 0.4) is 0 Å². The molecule has 180 valence electrons. The number of fused-ring (bicyclic) bond motifs is 1. The van der Waals surface area contributed by atoms with Gasteiger partial charge in [-0.15, -0.1) is 0 Å². The average Bonchev–Trinajstić information content (AvgIpc) is 3.30. The van der Waals surface area contributed by atoms with Crippen LogP contribution in [-0.4, -0.2) is 28.9 Å². The zero-order valence-corrected chi connectivity index (χ0v) is 21.2. The molecule has 0 unspecified atom stereocenters. The van der Waals surface area contributed by atoms with E-state index in [2.05, 4.69) is 4.99 Å². The molecule has 3 aromatic rings. The van der Waals surface area contributed by atoms with Crippen LogP contribution in [0.4, 0.5) is 0 Å². The third kappa shape index (κ3) is 4.67. The molecule has 0 saturated carbocycles. The Labute approximate surface area is 218 Å². The minimum atomic E-state index is -0.476. The average molecular weight is 516 g/mol. The summed E-state index contributed by atoms with van der Waals surface area (Å²) in [6, 6.07) is 21.2. The lowest BCUT2D eigenvalue weighted by atomic mass is 10.1. The first-order chi connectivity index (χ1) is 17.4. The molecule has 0 atom stereocenters. The molecular weight excluding hydrogens is 494 g/mol. The SMILES string of the molecule is COc1cc(/C=C2/C(=N)N3C(c4ccccc4)=CSC3=NC2=O)cc(Cl)c1OCc1cccc(C)c1. The normalized spacial score (nSPS) is 16.1. The van der Waals surface area contributed by atoms with Crippen molar-refractivity contribution >= 4 is 52.0 Å². The predicted octanol–water partition coefficient (Wildman–Crippen LogP) is 6.54. The van der Waals surface area contributed by atoms with Crippen molar-refractivity contribution in [3.8, 4) is 11.5 Å². The van der Waals surface area contributed by atoms with Gasteiger partial charge in [-0.05, 0) is 41.8 Å². The summed E-state index contributed by atoms with van der Waals surface area (Å²) in [5.41, 5.74) is 4.66. The van der Waals surface area contributed by atoms with Crippen LogP contribution in [0, 0.1) is 12.3 Å². The zero-order chi connectivity index (χ0) is 25.2.